The number of allylic oxidation sites excluding steroid dienone is 2. The summed E-state index contributed by atoms with van der Waals surface area (Å²) in [6, 6.07) is 10.7. The molecule has 1 atom stereocenters. The molecule has 5 rings (SSSR count). The van der Waals surface area contributed by atoms with E-state index < -0.39 is 5.67 Å². The van der Waals surface area contributed by atoms with Gasteiger partial charge in [-0.2, -0.15) is 0 Å². The molecule has 39 heavy (non-hydrogen) atoms. The van der Waals surface area contributed by atoms with Crippen molar-refractivity contribution in [3.8, 4) is 11.1 Å². The molecule has 2 aromatic rings. The summed E-state index contributed by atoms with van der Waals surface area (Å²) >= 11 is 0. The molecule has 0 saturated heterocycles. The van der Waals surface area contributed by atoms with Gasteiger partial charge in [0, 0.05) is 17.5 Å². The molecule has 2 aliphatic carbocycles. The Hall–Kier alpha value is -3.23. The minimum atomic E-state index is -1.66. The van der Waals surface area contributed by atoms with Gasteiger partial charge in [0.25, 0.3) is 0 Å². The van der Waals surface area contributed by atoms with Crippen LogP contribution >= 0.6 is 0 Å². The van der Waals surface area contributed by atoms with E-state index in [2.05, 4.69) is 54.9 Å². The summed E-state index contributed by atoms with van der Waals surface area (Å²) < 4.78 is 20.8. The number of fused-ring (bicyclic) bond motifs is 5. The number of aryl methyl sites for hydroxylation is 1. The highest BCUT2D eigenvalue weighted by molar-refractivity contribution is 6.03. The molecule has 1 aliphatic heterocycles. The second-order valence-corrected chi connectivity index (χ2v) is 11.5. The summed E-state index contributed by atoms with van der Waals surface area (Å²) in [5.74, 6) is 1.24. The van der Waals surface area contributed by atoms with E-state index in [1.165, 1.54) is 48.1 Å². The first-order chi connectivity index (χ1) is 18.8. The van der Waals surface area contributed by atoms with Gasteiger partial charge in [0.1, 0.15) is 0 Å². The van der Waals surface area contributed by atoms with Crippen LogP contribution in [0.3, 0.4) is 0 Å². The first kappa shape index (κ1) is 27.3. The lowest BCUT2D eigenvalue weighted by Gasteiger charge is -2.21. The summed E-state index contributed by atoms with van der Waals surface area (Å²) in [7, 11) is 0. The Bertz CT molecular complexity index is 1400. The molecule has 0 aromatic heterocycles. The van der Waals surface area contributed by atoms with Crippen molar-refractivity contribution in [2.75, 3.05) is 6.54 Å². The smallest absolute Gasteiger partial charge is 0.222 e. The number of carbonyl (C=O) groups excluding carboxylic acids is 1. The van der Waals surface area contributed by atoms with Gasteiger partial charge in [-0.3, -0.25) is 4.79 Å². The van der Waals surface area contributed by atoms with Crippen molar-refractivity contribution < 1.29 is 13.9 Å². The number of rotatable bonds is 8. The molecule has 0 N–H and O–H groups in total. The molecule has 0 amide bonds. The Kier molecular flexibility index (Phi) is 8.05. The SMILES string of the molecule is CCC=C(CC)CCCC1CCc2ccc3c(c2-c2cc(C4=NCC=C=C(C(C)(C)F)O4)ccc21)CCC3=O. The number of ether oxygens (including phenoxy) is 1. The first-order valence-electron chi connectivity index (χ1n) is 14.7. The van der Waals surface area contributed by atoms with E-state index in [9.17, 15) is 9.18 Å². The van der Waals surface area contributed by atoms with Gasteiger partial charge in [0.2, 0.25) is 5.90 Å². The van der Waals surface area contributed by atoms with Gasteiger partial charge in [-0.05, 0) is 117 Å². The Morgan fingerprint density at radius 2 is 2.00 bits per heavy atom. The van der Waals surface area contributed by atoms with Crippen LogP contribution in [-0.2, 0) is 17.6 Å². The highest BCUT2D eigenvalue weighted by atomic mass is 19.1. The lowest BCUT2D eigenvalue weighted by Crippen LogP contribution is -2.20. The Labute approximate surface area is 232 Å². The van der Waals surface area contributed by atoms with Crippen LogP contribution in [0.2, 0.25) is 0 Å². The van der Waals surface area contributed by atoms with Crippen molar-refractivity contribution in [1.82, 2.24) is 0 Å². The fourth-order valence-electron chi connectivity index (χ4n) is 6.34. The van der Waals surface area contributed by atoms with Crippen molar-refractivity contribution in [1.29, 1.82) is 0 Å². The van der Waals surface area contributed by atoms with Crippen molar-refractivity contribution in [3.63, 3.8) is 0 Å². The van der Waals surface area contributed by atoms with E-state index in [4.69, 9.17) is 4.74 Å². The van der Waals surface area contributed by atoms with E-state index in [1.54, 1.807) is 11.6 Å². The number of benzene rings is 2. The molecule has 0 fully saturated rings. The predicted octanol–water partition coefficient (Wildman–Crippen LogP) is 8.99. The normalized spacial score (nSPS) is 18.8. The molecule has 2 aromatic carbocycles. The van der Waals surface area contributed by atoms with E-state index in [0.29, 0.717) is 24.8 Å². The van der Waals surface area contributed by atoms with Crippen molar-refractivity contribution in [2.45, 2.75) is 97.1 Å². The highest BCUT2D eigenvalue weighted by Crippen LogP contribution is 2.45. The third-order valence-corrected chi connectivity index (χ3v) is 8.37. The van der Waals surface area contributed by atoms with Gasteiger partial charge in [0.05, 0.1) is 6.54 Å². The van der Waals surface area contributed by atoms with E-state index >= 15 is 0 Å². The number of ketones is 1. The topological polar surface area (TPSA) is 38.7 Å². The maximum Gasteiger partial charge on any atom is 0.222 e. The summed E-state index contributed by atoms with van der Waals surface area (Å²) in [6.07, 6.45) is 13.2. The minimum absolute atomic E-state index is 0.144. The first-order valence-corrected chi connectivity index (χ1v) is 14.7. The maximum absolute atomic E-state index is 14.8. The number of aliphatic imine (C=N–C) groups is 1. The fraction of sp³-hybridized carbons (Fsp3) is 0.457. The Morgan fingerprint density at radius 1 is 1.15 bits per heavy atom. The van der Waals surface area contributed by atoms with Gasteiger partial charge >= 0.3 is 0 Å². The second kappa shape index (κ2) is 11.5. The molecular formula is C35H40FNO2. The molecular weight excluding hydrogens is 485 g/mol. The molecule has 4 heteroatoms. The molecule has 0 radical (unpaired) electrons. The summed E-state index contributed by atoms with van der Waals surface area (Å²) in [5.41, 5.74) is 10.8. The molecule has 1 unspecified atom stereocenters. The average Bonchev–Trinajstić information content (AvgIpc) is 3.08. The summed E-state index contributed by atoms with van der Waals surface area (Å²) in [5, 5.41) is 0. The molecule has 204 valence electrons. The zero-order valence-electron chi connectivity index (χ0n) is 23.8. The van der Waals surface area contributed by atoms with Gasteiger partial charge < -0.3 is 4.74 Å². The molecule has 1 heterocycles. The van der Waals surface area contributed by atoms with Crippen LogP contribution in [0.1, 0.15) is 111 Å². The van der Waals surface area contributed by atoms with Gasteiger partial charge in [-0.15, -0.1) is 0 Å². The zero-order chi connectivity index (χ0) is 27.6. The lowest BCUT2D eigenvalue weighted by atomic mass is 9.85. The zero-order valence-corrected chi connectivity index (χ0v) is 23.8. The highest BCUT2D eigenvalue weighted by Gasteiger charge is 2.31. The van der Waals surface area contributed by atoms with Crippen LogP contribution in [0.5, 0.6) is 0 Å². The van der Waals surface area contributed by atoms with Crippen LogP contribution in [0, 0.1) is 0 Å². The van der Waals surface area contributed by atoms with Crippen LogP contribution in [0.4, 0.5) is 4.39 Å². The van der Waals surface area contributed by atoms with Crippen LogP contribution in [0.25, 0.3) is 11.1 Å². The van der Waals surface area contributed by atoms with Crippen LogP contribution in [-0.4, -0.2) is 23.9 Å². The molecule has 0 bridgehead atoms. The average molecular weight is 526 g/mol. The third-order valence-electron chi connectivity index (χ3n) is 8.37. The number of halogens is 1. The van der Waals surface area contributed by atoms with Crippen LogP contribution in [0.15, 0.2) is 64.5 Å². The number of Topliss-reactive ketones (excluding diaryl/α,β-unsaturated/α-hetero) is 1. The summed E-state index contributed by atoms with van der Waals surface area (Å²) in [4.78, 5) is 17.3. The number of nitrogens with zero attached hydrogens (tertiary/aromatic N) is 1. The number of alkyl halides is 1. The van der Waals surface area contributed by atoms with Crippen molar-refractivity contribution in [3.05, 3.63) is 87.4 Å². The number of hydrogen-bond donors (Lipinski definition) is 0. The second-order valence-electron chi connectivity index (χ2n) is 11.5. The van der Waals surface area contributed by atoms with Gasteiger partial charge in [-0.1, -0.05) is 49.4 Å². The quantitative estimate of drug-likeness (QED) is 0.255. The van der Waals surface area contributed by atoms with Crippen LogP contribution < -0.4 is 0 Å². The fourth-order valence-corrected chi connectivity index (χ4v) is 6.34. The van der Waals surface area contributed by atoms with E-state index in [1.807, 2.05) is 6.07 Å². The number of carbonyl (C=O) groups is 1. The summed E-state index contributed by atoms with van der Waals surface area (Å²) in [6.45, 7) is 7.80. The Balaban J connectivity index is 1.56. The third kappa shape index (κ3) is 5.72. The monoisotopic (exact) mass is 525 g/mol. The largest absolute Gasteiger partial charge is 0.431 e. The Morgan fingerprint density at radius 3 is 2.77 bits per heavy atom. The van der Waals surface area contributed by atoms with E-state index in [0.717, 1.165) is 56.1 Å². The van der Waals surface area contributed by atoms with E-state index in [-0.39, 0.29) is 11.5 Å². The van der Waals surface area contributed by atoms with Crippen molar-refractivity contribution >= 4 is 11.7 Å². The minimum Gasteiger partial charge on any atom is -0.431 e. The standard InChI is InChI=1S/C35H40FNO2/c1-5-9-23(6-2)10-7-11-24-13-14-25-15-18-28-29(19-20-31(28)38)33(25)30-22-26(16-17-27(24)30)34-37-21-8-12-32(39-34)35(3,4)36/h8-9,15-18,22,24H,5-7,10-11,13-14,19-21H2,1-4H3. The molecule has 0 spiro atoms. The number of hydrogen-bond acceptors (Lipinski definition) is 3. The van der Waals surface area contributed by atoms with Gasteiger partial charge in [-0.25, -0.2) is 9.38 Å². The predicted molar refractivity (Wildman–Crippen MR) is 157 cm³/mol. The molecule has 3 nitrogen and oxygen atoms in total. The molecule has 0 saturated carbocycles. The van der Waals surface area contributed by atoms with Crippen molar-refractivity contribution in [2.24, 2.45) is 4.99 Å². The van der Waals surface area contributed by atoms with Gasteiger partial charge in [0.15, 0.2) is 17.2 Å². The maximum atomic E-state index is 14.8. The lowest BCUT2D eigenvalue weighted by molar-refractivity contribution is 0.0994. The molecule has 3 aliphatic rings.